The normalized spacial score (nSPS) is 16.1. The standard InChI is InChI=1S/C15H17N7O/c23-15(12-1-2-14-16-3-4-22(14)9-12)21-7-5-20(6-8-21)10-13-17-11-18-19-13/h1-4,9,11H,5-8,10H2,(H,17,18,19). The summed E-state index contributed by atoms with van der Waals surface area (Å²) in [6.45, 7) is 3.84. The van der Waals surface area contributed by atoms with Gasteiger partial charge in [0.1, 0.15) is 17.8 Å². The number of carbonyl (C=O) groups excluding carboxylic acids is 1. The van der Waals surface area contributed by atoms with Gasteiger partial charge in [0.25, 0.3) is 5.91 Å². The number of pyridine rings is 1. The van der Waals surface area contributed by atoms with Gasteiger partial charge in [0.05, 0.1) is 12.1 Å². The third-order valence-corrected chi connectivity index (χ3v) is 4.13. The monoisotopic (exact) mass is 311 g/mol. The Morgan fingerprint density at radius 3 is 2.83 bits per heavy atom. The van der Waals surface area contributed by atoms with Crippen molar-refractivity contribution < 1.29 is 4.79 Å². The van der Waals surface area contributed by atoms with Gasteiger partial charge in [0.15, 0.2) is 0 Å². The number of fused-ring (bicyclic) bond motifs is 1. The van der Waals surface area contributed by atoms with E-state index in [2.05, 4.69) is 25.1 Å². The predicted molar refractivity (Wildman–Crippen MR) is 82.8 cm³/mol. The number of imidazole rings is 1. The van der Waals surface area contributed by atoms with E-state index in [1.807, 2.05) is 33.8 Å². The van der Waals surface area contributed by atoms with Crippen LogP contribution in [0.2, 0.25) is 0 Å². The molecule has 0 radical (unpaired) electrons. The quantitative estimate of drug-likeness (QED) is 0.757. The van der Waals surface area contributed by atoms with Crippen LogP contribution in [0.1, 0.15) is 16.2 Å². The second-order valence-electron chi connectivity index (χ2n) is 5.61. The van der Waals surface area contributed by atoms with E-state index in [0.29, 0.717) is 5.56 Å². The van der Waals surface area contributed by atoms with Gasteiger partial charge in [-0.15, -0.1) is 0 Å². The molecule has 1 amide bonds. The molecular weight excluding hydrogens is 294 g/mol. The zero-order valence-corrected chi connectivity index (χ0v) is 12.6. The zero-order chi connectivity index (χ0) is 15.6. The first-order chi connectivity index (χ1) is 11.3. The summed E-state index contributed by atoms with van der Waals surface area (Å²) in [6, 6.07) is 3.71. The molecule has 4 heterocycles. The highest BCUT2D eigenvalue weighted by Gasteiger charge is 2.22. The van der Waals surface area contributed by atoms with E-state index in [1.54, 1.807) is 6.20 Å². The summed E-state index contributed by atoms with van der Waals surface area (Å²) in [5.41, 5.74) is 1.54. The second kappa shape index (κ2) is 5.81. The highest BCUT2D eigenvalue weighted by Crippen LogP contribution is 2.11. The molecule has 1 aliphatic rings. The third kappa shape index (κ3) is 2.80. The molecule has 0 aromatic carbocycles. The second-order valence-corrected chi connectivity index (χ2v) is 5.61. The molecule has 4 rings (SSSR count). The Kier molecular flexibility index (Phi) is 3.51. The van der Waals surface area contributed by atoms with Crippen LogP contribution in [0.4, 0.5) is 0 Å². The number of rotatable bonds is 3. The lowest BCUT2D eigenvalue weighted by molar-refractivity contribution is 0.0625. The fourth-order valence-electron chi connectivity index (χ4n) is 2.86. The topological polar surface area (TPSA) is 82.4 Å². The summed E-state index contributed by atoms with van der Waals surface area (Å²) >= 11 is 0. The average Bonchev–Trinajstić information content (AvgIpc) is 3.25. The van der Waals surface area contributed by atoms with Crippen LogP contribution in [0.3, 0.4) is 0 Å². The fourth-order valence-corrected chi connectivity index (χ4v) is 2.86. The Labute approximate surface area is 132 Å². The van der Waals surface area contributed by atoms with E-state index in [-0.39, 0.29) is 5.91 Å². The van der Waals surface area contributed by atoms with Gasteiger partial charge >= 0.3 is 0 Å². The van der Waals surface area contributed by atoms with Crippen molar-refractivity contribution in [2.24, 2.45) is 0 Å². The molecule has 0 unspecified atom stereocenters. The van der Waals surface area contributed by atoms with E-state index in [0.717, 1.165) is 44.2 Å². The minimum absolute atomic E-state index is 0.0694. The zero-order valence-electron chi connectivity index (χ0n) is 12.6. The largest absolute Gasteiger partial charge is 0.336 e. The number of aromatic nitrogens is 5. The molecule has 3 aromatic rings. The lowest BCUT2D eigenvalue weighted by atomic mass is 10.2. The SMILES string of the molecule is O=C(c1ccc2nccn2c1)N1CCN(Cc2ncn[nH]2)CC1. The summed E-state index contributed by atoms with van der Waals surface area (Å²) in [6.07, 6.45) is 6.93. The number of carbonyl (C=O) groups is 1. The minimum Gasteiger partial charge on any atom is -0.336 e. The number of amides is 1. The number of H-pyrrole nitrogens is 1. The summed E-state index contributed by atoms with van der Waals surface area (Å²) in [5, 5.41) is 6.72. The van der Waals surface area contributed by atoms with Crippen LogP contribution < -0.4 is 0 Å². The van der Waals surface area contributed by atoms with Crippen LogP contribution >= 0.6 is 0 Å². The highest BCUT2D eigenvalue weighted by molar-refractivity contribution is 5.94. The van der Waals surface area contributed by atoms with Gasteiger partial charge in [-0.25, -0.2) is 9.97 Å². The van der Waals surface area contributed by atoms with Gasteiger partial charge in [-0.2, -0.15) is 5.10 Å². The molecule has 0 spiro atoms. The van der Waals surface area contributed by atoms with Crippen LogP contribution in [0.5, 0.6) is 0 Å². The van der Waals surface area contributed by atoms with Crippen LogP contribution in [0.25, 0.3) is 5.65 Å². The molecule has 8 nitrogen and oxygen atoms in total. The third-order valence-electron chi connectivity index (χ3n) is 4.13. The molecule has 0 bridgehead atoms. The molecule has 0 aliphatic carbocycles. The number of hydrogen-bond donors (Lipinski definition) is 1. The lowest BCUT2D eigenvalue weighted by Gasteiger charge is -2.34. The lowest BCUT2D eigenvalue weighted by Crippen LogP contribution is -2.48. The van der Waals surface area contributed by atoms with Crippen molar-refractivity contribution in [1.29, 1.82) is 0 Å². The Hall–Kier alpha value is -2.74. The molecule has 1 fully saturated rings. The average molecular weight is 311 g/mol. The summed E-state index contributed by atoms with van der Waals surface area (Å²) in [4.78, 5) is 25.1. The molecule has 8 heteroatoms. The summed E-state index contributed by atoms with van der Waals surface area (Å²) < 4.78 is 1.87. The van der Waals surface area contributed by atoms with Crippen LogP contribution in [0.15, 0.2) is 37.1 Å². The Bertz CT molecular complexity index is 802. The van der Waals surface area contributed by atoms with Crippen molar-refractivity contribution in [3.63, 3.8) is 0 Å². The molecule has 3 aromatic heterocycles. The summed E-state index contributed by atoms with van der Waals surface area (Å²) in [5.74, 6) is 0.926. The Balaban J connectivity index is 1.40. The van der Waals surface area contributed by atoms with Crippen molar-refractivity contribution in [2.75, 3.05) is 26.2 Å². The van der Waals surface area contributed by atoms with E-state index in [1.165, 1.54) is 6.33 Å². The van der Waals surface area contributed by atoms with Crippen LogP contribution in [-0.2, 0) is 6.54 Å². The maximum Gasteiger partial charge on any atom is 0.255 e. The van der Waals surface area contributed by atoms with E-state index in [9.17, 15) is 4.79 Å². The molecule has 1 saturated heterocycles. The maximum absolute atomic E-state index is 12.6. The molecular formula is C15H17N7O. The number of nitrogens with zero attached hydrogens (tertiary/aromatic N) is 6. The van der Waals surface area contributed by atoms with Gasteiger partial charge < -0.3 is 9.30 Å². The van der Waals surface area contributed by atoms with E-state index < -0.39 is 0 Å². The van der Waals surface area contributed by atoms with Crippen LogP contribution in [-0.4, -0.2) is 66.5 Å². The Morgan fingerprint density at radius 1 is 1.17 bits per heavy atom. The van der Waals surface area contributed by atoms with Crippen molar-refractivity contribution in [1.82, 2.24) is 34.4 Å². The van der Waals surface area contributed by atoms with Crippen molar-refractivity contribution in [3.8, 4) is 0 Å². The van der Waals surface area contributed by atoms with Gasteiger partial charge in [-0.05, 0) is 12.1 Å². The number of hydrogen-bond acceptors (Lipinski definition) is 5. The minimum atomic E-state index is 0.0694. The first-order valence-corrected chi connectivity index (χ1v) is 7.58. The maximum atomic E-state index is 12.6. The fraction of sp³-hybridized carbons (Fsp3) is 0.333. The Morgan fingerprint density at radius 2 is 2.04 bits per heavy atom. The predicted octanol–water partition coefficient (Wildman–Crippen LogP) is 0.410. The van der Waals surface area contributed by atoms with Crippen molar-refractivity contribution in [3.05, 3.63) is 48.4 Å². The number of aromatic amines is 1. The smallest absolute Gasteiger partial charge is 0.255 e. The van der Waals surface area contributed by atoms with Gasteiger partial charge in [-0.1, -0.05) is 0 Å². The first kappa shape index (κ1) is 13.9. The summed E-state index contributed by atoms with van der Waals surface area (Å²) in [7, 11) is 0. The van der Waals surface area contributed by atoms with Crippen LogP contribution in [0, 0.1) is 0 Å². The van der Waals surface area contributed by atoms with E-state index >= 15 is 0 Å². The molecule has 1 N–H and O–H groups in total. The first-order valence-electron chi connectivity index (χ1n) is 7.58. The molecule has 0 saturated carbocycles. The van der Waals surface area contributed by atoms with Gasteiger partial charge in [0, 0.05) is 44.8 Å². The number of piperazine rings is 1. The molecule has 0 atom stereocenters. The van der Waals surface area contributed by atoms with Gasteiger partial charge in [-0.3, -0.25) is 14.8 Å². The molecule has 23 heavy (non-hydrogen) atoms. The highest BCUT2D eigenvalue weighted by atomic mass is 16.2. The van der Waals surface area contributed by atoms with Crippen molar-refractivity contribution in [2.45, 2.75) is 6.54 Å². The number of nitrogens with one attached hydrogen (secondary N) is 1. The molecule has 118 valence electrons. The molecule has 1 aliphatic heterocycles. The van der Waals surface area contributed by atoms with E-state index in [4.69, 9.17) is 0 Å². The van der Waals surface area contributed by atoms with Crippen molar-refractivity contribution >= 4 is 11.6 Å². The van der Waals surface area contributed by atoms with Gasteiger partial charge in [0.2, 0.25) is 0 Å².